The Morgan fingerprint density at radius 2 is 2.08 bits per heavy atom. The third kappa shape index (κ3) is 4.10. The van der Waals surface area contributed by atoms with Gasteiger partial charge in [-0.1, -0.05) is 17.7 Å². The molecule has 37 heavy (non-hydrogen) atoms. The van der Waals surface area contributed by atoms with Crippen molar-refractivity contribution in [3.63, 3.8) is 0 Å². The zero-order valence-corrected chi connectivity index (χ0v) is 21.8. The predicted octanol–water partition coefficient (Wildman–Crippen LogP) is 5.31. The number of aliphatic hydroxyl groups is 1. The second-order valence-electron chi connectivity index (χ2n) is 10.3. The third-order valence-corrected chi connectivity index (χ3v) is 7.89. The maximum Gasteiger partial charge on any atom is 0.374 e. The van der Waals surface area contributed by atoms with Crippen LogP contribution in [0.2, 0.25) is 0 Å². The molecule has 2 aliphatic rings. The minimum absolute atomic E-state index is 0.163. The molecule has 1 aliphatic heterocycles. The van der Waals surface area contributed by atoms with Gasteiger partial charge in [-0.05, 0) is 69.9 Å². The summed E-state index contributed by atoms with van der Waals surface area (Å²) in [6.07, 6.45) is 2.76. The number of furan rings is 1. The van der Waals surface area contributed by atoms with Crippen molar-refractivity contribution in [2.75, 3.05) is 26.3 Å². The van der Waals surface area contributed by atoms with Crippen LogP contribution in [0.15, 0.2) is 40.8 Å². The molecule has 2 atom stereocenters. The monoisotopic (exact) mass is 502 g/mol. The molecule has 2 aromatic heterocycles. The molecule has 0 bridgehead atoms. The van der Waals surface area contributed by atoms with E-state index in [-0.39, 0.29) is 19.0 Å². The number of carbonyl (C=O) groups is 1. The van der Waals surface area contributed by atoms with E-state index in [9.17, 15) is 9.90 Å². The highest BCUT2D eigenvalue weighted by Gasteiger charge is 2.35. The van der Waals surface area contributed by atoms with E-state index in [0.717, 1.165) is 31.3 Å². The van der Waals surface area contributed by atoms with E-state index in [0.29, 0.717) is 29.5 Å². The van der Waals surface area contributed by atoms with Gasteiger partial charge in [-0.15, -0.1) is 0 Å². The van der Waals surface area contributed by atoms with Gasteiger partial charge < -0.3 is 23.6 Å². The summed E-state index contributed by atoms with van der Waals surface area (Å²) >= 11 is 0. The lowest BCUT2D eigenvalue weighted by atomic mass is 9.89. The molecule has 4 aromatic rings. The van der Waals surface area contributed by atoms with Gasteiger partial charge in [0.15, 0.2) is 0 Å². The average Bonchev–Trinajstić information content (AvgIpc) is 3.40. The fourth-order valence-corrected chi connectivity index (χ4v) is 6.30. The lowest BCUT2D eigenvalue weighted by Crippen LogP contribution is -2.44. The first kappa shape index (κ1) is 24.1. The van der Waals surface area contributed by atoms with E-state index in [2.05, 4.69) is 34.6 Å². The Hall–Kier alpha value is -3.29. The van der Waals surface area contributed by atoms with Gasteiger partial charge in [0.05, 0.1) is 18.0 Å². The van der Waals surface area contributed by atoms with Crippen LogP contribution in [0, 0.1) is 13.8 Å². The molecule has 2 aromatic carbocycles. The third-order valence-electron chi connectivity index (χ3n) is 7.89. The Morgan fingerprint density at radius 3 is 2.92 bits per heavy atom. The van der Waals surface area contributed by atoms with Crippen molar-refractivity contribution in [1.82, 2.24) is 9.47 Å². The van der Waals surface area contributed by atoms with Gasteiger partial charge in [0.25, 0.3) is 0 Å². The van der Waals surface area contributed by atoms with Gasteiger partial charge in [-0.2, -0.15) is 0 Å². The largest absolute Gasteiger partial charge is 0.490 e. The molecule has 1 N–H and O–H groups in total. The molecule has 0 saturated heterocycles. The summed E-state index contributed by atoms with van der Waals surface area (Å²) in [5.74, 6) is 0.314. The number of β-amino-alcohol motifs (C(OH)–C–C–N with tert-alkyl or cyclic N) is 1. The van der Waals surface area contributed by atoms with Crippen molar-refractivity contribution in [3.05, 3.63) is 64.5 Å². The van der Waals surface area contributed by atoms with Crippen LogP contribution < -0.4 is 4.74 Å². The minimum Gasteiger partial charge on any atom is -0.490 e. The molecule has 7 heteroatoms. The molecule has 0 amide bonds. The molecule has 194 valence electrons. The summed E-state index contributed by atoms with van der Waals surface area (Å²) in [5, 5.41) is 13.2. The number of hydrogen-bond acceptors (Lipinski definition) is 6. The number of benzene rings is 2. The number of aryl methyl sites for hydroxylation is 3. The number of hydrogen-bond donors (Lipinski definition) is 1. The van der Waals surface area contributed by atoms with Crippen molar-refractivity contribution in [1.29, 1.82) is 0 Å². The highest BCUT2D eigenvalue weighted by Crippen LogP contribution is 2.43. The quantitative estimate of drug-likeness (QED) is 0.345. The van der Waals surface area contributed by atoms with Crippen LogP contribution in [-0.2, 0) is 17.7 Å². The lowest BCUT2D eigenvalue weighted by Gasteiger charge is -2.40. The van der Waals surface area contributed by atoms with Gasteiger partial charge >= 0.3 is 5.97 Å². The number of ether oxygens (including phenoxy) is 2. The van der Waals surface area contributed by atoms with Crippen molar-refractivity contribution >= 4 is 27.8 Å². The molecular weight excluding hydrogens is 468 g/mol. The van der Waals surface area contributed by atoms with E-state index in [1.807, 2.05) is 25.1 Å². The normalized spacial score (nSPS) is 18.2. The van der Waals surface area contributed by atoms with Crippen LogP contribution >= 0.6 is 0 Å². The van der Waals surface area contributed by atoms with Crippen molar-refractivity contribution in [2.45, 2.75) is 58.7 Å². The molecule has 1 aliphatic carbocycles. The summed E-state index contributed by atoms with van der Waals surface area (Å²) in [5.41, 5.74) is 6.84. The molecule has 7 nitrogen and oxygen atoms in total. The first-order chi connectivity index (χ1) is 18.0. The van der Waals surface area contributed by atoms with E-state index in [1.54, 1.807) is 6.92 Å². The van der Waals surface area contributed by atoms with Crippen LogP contribution in [-0.4, -0.2) is 53.0 Å². The molecule has 6 rings (SSSR count). The average molecular weight is 503 g/mol. The van der Waals surface area contributed by atoms with Crippen LogP contribution in [0.3, 0.4) is 0 Å². The number of aromatic nitrogens is 1. The van der Waals surface area contributed by atoms with Gasteiger partial charge in [0.1, 0.15) is 24.0 Å². The summed E-state index contributed by atoms with van der Waals surface area (Å²) in [6, 6.07) is 12.6. The minimum atomic E-state index is -0.643. The summed E-state index contributed by atoms with van der Waals surface area (Å²) in [7, 11) is 0. The van der Waals surface area contributed by atoms with Crippen LogP contribution in [0.1, 0.15) is 58.7 Å². The number of fused-ring (bicyclic) bond motifs is 4. The smallest absolute Gasteiger partial charge is 0.374 e. The molecular formula is C30H34N2O5. The lowest BCUT2D eigenvalue weighted by molar-refractivity contribution is 0.0378. The van der Waals surface area contributed by atoms with E-state index in [1.165, 1.54) is 34.1 Å². The van der Waals surface area contributed by atoms with Crippen LogP contribution in [0.25, 0.3) is 21.9 Å². The number of aliphatic hydroxyl groups excluding tert-OH is 1. The second kappa shape index (κ2) is 9.54. The highest BCUT2D eigenvalue weighted by atomic mass is 16.5. The van der Waals surface area contributed by atoms with Gasteiger partial charge in [0.2, 0.25) is 5.76 Å². The Labute approximate surface area is 216 Å². The fraction of sp³-hybridized carbons (Fsp3) is 0.433. The first-order valence-corrected chi connectivity index (χ1v) is 13.3. The van der Waals surface area contributed by atoms with E-state index < -0.39 is 12.1 Å². The number of esters is 1. The van der Waals surface area contributed by atoms with Crippen molar-refractivity contribution in [2.24, 2.45) is 0 Å². The maximum absolute atomic E-state index is 12.3. The first-order valence-electron chi connectivity index (χ1n) is 13.3. The van der Waals surface area contributed by atoms with Gasteiger partial charge in [-0.25, -0.2) is 4.79 Å². The zero-order valence-electron chi connectivity index (χ0n) is 21.8. The number of carbonyl (C=O) groups excluding carboxylic acids is 1. The molecule has 0 radical (unpaired) electrons. The highest BCUT2D eigenvalue weighted by molar-refractivity contribution is 5.98. The standard InChI is InChI=1S/C30H34N2O5/c1-4-35-30(34)29-19(3)27-25(9-6-10-26(27)37-29)36-17-20(33)16-31-13-14-32-23-12-11-18(2)15-22(23)21-7-5-8-24(31)28(21)32/h6,9-12,15,20,24,33H,4-5,7-8,13-14,16-17H2,1-3H3. The van der Waals surface area contributed by atoms with Gasteiger partial charge in [0, 0.05) is 41.8 Å². The molecule has 0 saturated carbocycles. The van der Waals surface area contributed by atoms with Crippen molar-refractivity contribution in [3.8, 4) is 5.75 Å². The van der Waals surface area contributed by atoms with Gasteiger partial charge in [-0.3, -0.25) is 4.90 Å². The number of nitrogens with zero attached hydrogens (tertiary/aromatic N) is 2. The summed E-state index contributed by atoms with van der Waals surface area (Å²) < 4.78 is 19.5. The summed E-state index contributed by atoms with van der Waals surface area (Å²) in [6.45, 7) is 8.60. The topological polar surface area (TPSA) is 77.1 Å². The SMILES string of the molecule is CCOC(=O)c1oc2cccc(OCC(O)CN3CCn4c5c(c6cc(C)ccc64)CCCC53)c2c1C. The second-order valence-corrected chi connectivity index (χ2v) is 10.3. The predicted molar refractivity (Wildman–Crippen MR) is 142 cm³/mol. The summed E-state index contributed by atoms with van der Waals surface area (Å²) in [4.78, 5) is 14.7. The fourth-order valence-electron chi connectivity index (χ4n) is 6.30. The van der Waals surface area contributed by atoms with Crippen molar-refractivity contribution < 1.29 is 23.8 Å². The molecule has 0 fully saturated rings. The Bertz CT molecular complexity index is 1480. The number of rotatable bonds is 7. The molecule has 2 unspecified atom stereocenters. The molecule has 0 spiro atoms. The zero-order chi connectivity index (χ0) is 25.7. The Kier molecular flexibility index (Phi) is 6.21. The maximum atomic E-state index is 12.3. The van der Waals surface area contributed by atoms with Crippen LogP contribution in [0.4, 0.5) is 0 Å². The Morgan fingerprint density at radius 1 is 1.22 bits per heavy atom. The van der Waals surface area contributed by atoms with E-state index >= 15 is 0 Å². The molecule has 3 heterocycles. The Balaban J connectivity index is 1.19. The van der Waals surface area contributed by atoms with Crippen LogP contribution in [0.5, 0.6) is 5.75 Å². The van der Waals surface area contributed by atoms with E-state index in [4.69, 9.17) is 13.9 Å².